The summed E-state index contributed by atoms with van der Waals surface area (Å²) in [6.07, 6.45) is 0. The van der Waals surface area contributed by atoms with Crippen LogP contribution in [0.3, 0.4) is 0 Å². The fraction of sp³-hybridized carbons (Fsp3) is 0.316. The standard InChI is InChI=1S/C19H23ClN2OS/c1-12-5-6-17(14(3)9-12)23-8-7-21-19(24)22-18-15(4)10-13(2)11-16(18)20/h5-6,9-11H,7-8H2,1-4H3,(H2,21,22,24). The Hall–Kier alpha value is -1.78. The molecule has 2 N–H and O–H groups in total. The number of halogens is 1. The van der Waals surface area contributed by atoms with Crippen molar-refractivity contribution in [2.75, 3.05) is 18.5 Å². The molecule has 0 unspecified atom stereocenters. The Morgan fingerprint density at radius 2 is 1.75 bits per heavy atom. The summed E-state index contributed by atoms with van der Waals surface area (Å²) in [5.74, 6) is 0.902. The molecule has 0 fully saturated rings. The lowest BCUT2D eigenvalue weighted by Gasteiger charge is -2.15. The number of aryl methyl sites for hydroxylation is 4. The van der Waals surface area contributed by atoms with Crippen LogP contribution in [0.5, 0.6) is 5.75 Å². The molecule has 0 bridgehead atoms. The summed E-state index contributed by atoms with van der Waals surface area (Å²) < 4.78 is 5.78. The predicted molar refractivity (Wildman–Crippen MR) is 107 cm³/mol. The molecule has 5 heteroatoms. The van der Waals surface area contributed by atoms with E-state index in [0.717, 1.165) is 28.1 Å². The first-order chi connectivity index (χ1) is 11.4. The van der Waals surface area contributed by atoms with Gasteiger partial charge in [0.2, 0.25) is 0 Å². The molecule has 0 aromatic heterocycles. The molecule has 0 radical (unpaired) electrons. The molecule has 0 aliphatic rings. The molecule has 0 amide bonds. The second-order valence-electron chi connectivity index (χ2n) is 5.94. The molecule has 0 aliphatic carbocycles. The van der Waals surface area contributed by atoms with Gasteiger partial charge < -0.3 is 15.4 Å². The zero-order valence-electron chi connectivity index (χ0n) is 14.5. The number of nitrogens with one attached hydrogen (secondary N) is 2. The Balaban J connectivity index is 1.82. The lowest BCUT2D eigenvalue weighted by molar-refractivity contribution is 0.320. The number of anilines is 1. The van der Waals surface area contributed by atoms with Crippen LogP contribution in [0.4, 0.5) is 5.69 Å². The molecule has 0 atom stereocenters. The van der Waals surface area contributed by atoms with E-state index in [0.29, 0.717) is 23.3 Å². The number of ether oxygens (including phenoxy) is 1. The Labute approximate surface area is 154 Å². The summed E-state index contributed by atoms with van der Waals surface area (Å²) in [5.41, 5.74) is 5.40. The molecule has 0 saturated carbocycles. The summed E-state index contributed by atoms with van der Waals surface area (Å²) in [4.78, 5) is 0. The largest absolute Gasteiger partial charge is 0.491 e. The van der Waals surface area contributed by atoms with Gasteiger partial charge in [0.25, 0.3) is 0 Å². The van der Waals surface area contributed by atoms with E-state index < -0.39 is 0 Å². The second kappa shape index (κ2) is 8.36. The highest BCUT2D eigenvalue weighted by molar-refractivity contribution is 7.80. The van der Waals surface area contributed by atoms with Crippen LogP contribution >= 0.6 is 23.8 Å². The quantitative estimate of drug-likeness (QED) is 0.583. The van der Waals surface area contributed by atoms with Crippen LogP contribution in [0.1, 0.15) is 22.3 Å². The molecule has 0 spiro atoms. The Kier molecular flexibility index (Phi) is 6.46. The fourth-order valence-electron chi connectivity index (χ4n) is 2.52. The van der Waals surface area contributed by atoms with Gasteiger partial charge in [-0.25, -0.2) is 0 Å². The zero-order valence-corrected chi connectivity index (χ0v) is 16.1. The predicted octanol–water partition coefficient (Wildman–Crippen LogP) is 4.94. The summed E-state index contributed by atoms with van der Waals surface area (Å²) in [7, 11) is 0. The zero-order chi connectivity index (χ0) is 17.7. The monoisotopic (exact) mass is 362 g/mol. The summed E-state index contributed by atoms with van der Waals surface area (Å²) in [6, 6.07) is 10.1. The van der Waals surface area contributed by atoms with Gasteiger partial charge >= 0.3 is 0 Å². The van der Waals surface area contributed by atoms with Gasteiger partial charge in [-0.3, -0.25) is 0 Å². The van der Waals surface area contributed by atoms with Crippen LogP contribution in [0.25, 0.3) is 0 Å². The van der Waals surface area contributed by atoms with E-state index in [1.165, 1.54) is 5.56 Å². The molecule has 2 aromatic carbocycles. The fourth-order valence-corrected chi connectivity index (χ4v) is 3.09. The van der Waals surface area contributed by atoms with Crippen molar-refractivity contribution in [3.63, 3.8) is 0 Å². The third-order valence-electron chi connectivity index (χ3n) is 3.65. The van der Waals surface area contributed by atoms with Gasteiger partial charge in [-0.1, -0.05) is 35.4 Å². The first-order valence-electron chi connectivity index (χ1n) is 7.88. The van der Waals surface area contributed by atoms with E-state index in [4.69, 9.17) is 28.6 Å². The first kappa shape index (κ1) is 18.6. The van der Waals surface area contributed by atoms with Crippen molar-refractivity contribution in [3.8, 4) is 5.75 Å². The molecular formula is C19H23ClN2OS. The second-order valence-corrected chi connectivity index (χ2v) is 6.75. The van der Waals surface area contributed by atoms with E-state index in [1.807, 2.05) is 39.0 Å². The van der Waals surface area contributed by atoms with Crippen LogP contribution in [0.2, 0.25) is 5.02 Å². The lowest BCUT2D eigenvalue weighted by Crippen LogP contribution is -2.32. The normalized spacial score (nSPS) is 10.4. The molecule has 24 heavy (non-hydrogen) atoms. The molecule has 2 rings (SSSR count). The van der Waals surface area contributed by atoms with Gasteiger partial charge in [0.15, 0.2) is 5.11 Å². The number of thiocarbonyl (C=S) groups is 1. The third-order valence-corrected chi connectivity index (χ3v) is 4.19. The highest BCUT2D eigenvalue weighted by Gasteiger charge is 2.07. The highest BCUT2D eigenvalue weighted by Crippen LogP contribution is 2.27. The van der Waals surface area contributed by atoms with E-state index in [1.54, 1.807) is 0 Å². The van der Waals surface area contributed by atoms with Crippen molar-refractivity contribution in [1.29, 1.82) is 0 Å². The molecule has 0 heterocycles. The van der Waals surface area contributed by atoms with Gasteiger partial charge in [-0.05, 0) is 68.7 Å². The lowest BCUT2D eigenvalue weighted by atomic mass is 10.1. The Bertz CT molecular complexity index is 723. The van der Waals surface area contributed by atoms with Crippen molar-refractivity contribution in [1.82, 2.24) is 5.32 Å². The van der Waals surface area contributed by atoms with Gasteiger partial charge in [-0.2, -0.15) is 0 Å². The molecular weight excluding hydrogens is 340 g/mol. The molecule has 0 saturated heterocycles. The SMILES string of the molecule is Cc1ccc(OCCNC(=S)Nc2c(C)cc(C)cc2Cl)c(C)c1. The minimum Gasteiger partial charge on any atom is -0.491 e. The van der Waals surface area contributed by atoms with Crippen molar-refractivity contribution >= 4 is 34.6 Å². The Morgan fingerprint density at radius 3 is 2.42 bits per heavy atom. The number of rotatable bonds is 5. The first-order valence-corrected chi connectivity index (χ1v) is 8.67. The number of hydrogen-bond donors (Lipinski definition) is 2. The average molecular weight is 363 g/mol. The molecule has 128 valence electrons. The van der Waals surface area contributed by atoms with Crippen LogP contribution in [0, 0.1) is 27.7 Å². The van der Waals surface area contributed by atoms with E-state index >= 15 is 0 Å². The van der Waals surface area contributed by atoms with Crippen LogP contribution < -0.4 is 15.4 Å². The molecule has 2 aromatic rings. The number of benzene rings is 2. The summed E-state index contributed by atoms with van der Waals surface area (Å²) >= 11 is 11.6. The number of hydrogen-bond acceptors (Lipinski definition) is 2. The van der Waals surface area contributed by atoms with E-state index in [9.17, 15) is 0 Å². The van der Waals surface area contributed by atoms with Gasteiger partial charge in [0.05, 0.1) is 17.3 Å². The van der Waals surface area contributed by atoms with Gasteiger partial charge in [0, 0.05) is 0 Å². The van der Waals surface area contributed by atoms with Crippen LogP contribution in [-0.4, -0.2) is 18.3 Å². The smallest absolute Gasteiger partial charge is 0.170 e. The van der Waals surface area contributed by atoms with Crippen LogP contribution in [-0.2, 0) is 0 Å². The van der Waals surface area contributed by atoms with Crippen molar-refractivity contribution < 1.29 is 4.74 Å². The molecule has 3 nitrogen and oxygen atoms in total. The molecule has 0 aliphatic heterocycles. The van der Waals surface area contributed by atoms with Crippen molar-refractivity contribution in [2.45, 2.75) is 27.7 Å². The van der Waals surface area contributed by atoms with E-state index in [2.05, 4.69) is 29.7 Å². The maximum Gasteiger partial charge on any atom is 0.170 e. The van der Waals surface area contributed by atoms with E-state index in [-0.39, 0.29) is 0 Å². The maximum atomic E-state index is 6.28. The Morgan fingerprint density at radius 1 is 1.04 bits per heavy atom. The minimum absolute atomic E-state index is 0.534. The van der Waals surface area contributed by atoms with Gasteiger partial charge in [0.1, 0.15) is 12.4 Å². The summed E-state index contributed by atoms with van der Waals surface area (Å²) in [6.45, 7) is 9.29. The average Bonchev–Trinajstić information content (AvgIpc) is 2.49. The van der Waals surface area contributed by atoms with Crippen molar-refractivity contribution in [2.24, 2.45) is 0 Å². The highest BCUT2D eigenvalue weighted by atomic mass is 35.5. The minimum atomic E-state index is 0.534. The third kappa shape index (κ3) is 5.11. The topological polar surface area (TPSA) is 33.3 Å². The van der Waals surface area contributed by atoms with Gasteiger partial charge in [-0.15, -0.1) is 0 Å². The maximum absolute atomic E-state index is 6.28. The van der Waals surface area contributed by atoms with Crippen molar-refractivity contribution in [3.05, 3.63) is 57.6 Å². The summed E-state index contributed by atoms with van der Waals surface area (Å²) in [5, 5.41) is 7.50. The van der Waals surface area contributed by atoms with Crippen LogP contribution in [0.15, 0.2) is 30.3 Å².